The summed E-state index contributed by atoms with van der Waals surface area (Å²) in [7, 11) is 0. The summed E-state index contributed by atoms with van der Waals surface area (Å²) >= 11 is 0. The Bertz CT molecular complexity index is 442. The van der Waals surface area contributed by atoms with Gasteiger partial charge in [0.05, 0.1) is 0 Å². The lowest BCUT2D eigenvalue weighted by Crippen LogP contribution is -2.28. The number of hydrogen-bond acceptors (Lipinski definition) is 4. The lowest BCUT2D eigenvalue weighted by molar-refractivity contribution is -0.137. The largest absolute Gasteiger partial charge is 0.481 e. The third kappa shape index (κ3) is 3.30. The van der Waals surface area contributed by atoms with E-state index >= 15 is 0 Å². The number of aliphatic carboxylic acids is 1. The maximum absolute atomic E-state index is 10.6. The molecule has 1 aliphatic rings. The number of carboxylic acids is 1. The zero-order chi connectivity index (χ0) is 13.9. The Morgan fingerprint density at radius 2 is 2.26 bits per heavy atom. The van der Waals surface area contributed by atoms with Gasteiger partial charge in [-0.05, 0) is 35.1 Å². The molecule has 0 bridgehead atoms. The number of carboxylic acid groups (broad SMARTS) is 1. The second-order valence-corrected chi connectivity index (χ2v) is 6.04. The van der Waals surface area contributed by atoms with Crippen LogP contribution < -0.4 is 0 Å². The number of rotatable bonds is 5. The summed E-state index contributed by atoms with van der Waals surface area (Å²) in [6.07, 6.45) is 5.53. The van der Waals surface area contributed by atoms with E-state index in [0.29, 0.717) is 18.9 Å². The number of hydrogen-bond donors (Lipinski definition) is 1. The highest BCUT2D eigenvalue weighted by Gasteiger charge is 2.36. The first-order chi connectivity index (χ1) is 9.00. The molecule has 19 heavy (non-hydrogen) atoms. The lowest BCUT2D eigenvalue weighted by Gasteiger charge is -2.37. The van der Waals surface area contributed by atoms with Crippen molar-refractivity contribution in [2.24, 2.45) is 5.41 Å². The fourth-order valence-electron chi connectivity index (χ4n) is 2.97. The van der Waals surface area contributed by atoms with Gasteiger partial charge in [-0.25, -0.2) is 4.68 Å². The molecule has 1 atom stereocenters. The first kappa shape index (κ1) is 14.0. The summed E-state index contributed by atoms with van der Waals surface area (Å²) in [5, 5.41) is 20.7. The van der Waals surface area contributed by atoms with Crippen LogP contribution in [0.1, 0.15) is 64.1 Å². The van der Waals surface area contributed by atoms with Gasteiger partial charge in [0.1, 0.15) is 0 Å². The molecule has 1 aromatic rings. The van der Waals surface area contributed by atoms with Crippen LogP contribution in [0.15, 0.2) is 0 Å². The van der Waals surface area contributed by atoms with Gasteiger partial charge in [0, 0.05) is 18.9 Å². The van der Waals surface area contributed by atoms with Gasteiger partial charge in [-0.3, -0.25) is 4.79 Å². The van der Waals surface area contributed by atoms with E-state index < -0.39 is 5.97 Å². The van der Waals surface area contributed by atoms with E-state index in [-0.39, 0.29) is 11.8 Å². The molecule has 0 saturated heterocycles. The van der Waals surface area contributed by atoms with Gasteiger partial charge in [-0.1, -0.05) is 26.7 Å². The highest BCUT2D eigenvalue weighted by molar-refractivity contribution is 5.66. The first-order valence-electron chi connectivity index (χ1n) is 6.98. The summed E-state index contributed by atoms with van der Waals surface area (Å²) < 4.78 is 1.79. The molecular weight excluding hydrogens is 244 g/mol. The van der Waals surface area contributed by atoms with Gasteiger partial charge in [0.15, 0.2) is 5.82 Å². The second kappa shape index (κ2) is 5.67. The molecule has 1 N–H and O–H groups in total. The van der Waals surface area contributed by atoms with E-state index in [2.05, 4.69) is 29.4 Å². The third-order valence-electron chi connectivity index (χ3n) is 4.14. The molecule has 1 heterocycles. The predicted molar refractivity (Wildman–Crippen MR) is 69.7 cm³/mol. The van der Waals surface area contributed by atoms with Crippen LogP contribution in [0.4, 0.5) is 0 Å². The minimum atomic E-state index is -0.771. The summed E-state index contributed by atoms with van der Waals surface area (Å²) in [5.74, 6) is 0.531. The van der Waals surface area contributed by atoms with E-state index in [1.165, 1.54) is 19.3 Å². The van der Waals surface area contributed by atoms with Crippen LogP contribution in [0.3, 0.4) is 0 Å². The van der Waals surface area contributed by atoms with Crippen molar-refractivity contribution in [3.8, 4) is 0 Å². The Balaban J connectivity index is 2.07. The van der Waals surface area contributed by atoms with Crippen molar-refractivity contribution >= 4 is 5.97 Å². The fourth-order valence-corrected chi connectivity index (χ4v) is 2.97. The summed E-state index contributed by atoms with van der Waals surface area (Å²) in [6.45, 7) is 5.13. The van der Waals surface area contributed by atoms with Crippen molar-refractivity contribution < 1.29 is 9.90 Å². The zero-order valence-corrected chi connectivity index (χ0v) is 11.7. The van der Waals surface area contributed by atoms with Gasteiger partial charge < -0.3 is 5.11 Å². The summed E-state index contributed by atoms with van der Waals surface area (Å²) in [5.41, 5.74) is 0.220. The van der Waals surface area contributed by atoms with E-state index in [1.54, 1.807) is 4.68 Å². The Kier molecular flexibility index (Phi) is 4.17. The van der Waals surface area contributed by atoms with Crippen molar-refractivity contribution in [1.29, 1.82) is 0 Å². The molecule has 1 fully saturated rings. The van der Waals surface area contributed by atoms with Crippen LogP contribution in [0.25, 0.3) is 0 Å². The van der Waals surface area contributed by atoms with E-state index in [0.717, 1.165) is 12.2 Å². The van der Waals surface area contributed by atoms with Crippen LogP contribution >= 0.6 is 0 Å². The molecule has 1 aromatic heterocycles. The normalized spacial score (nSPS) is 22.3. The number of tetrazole rings is 1. The molecule has 0 amide bonds. The Hall–Kier alpha value is -1.46. The number of aryl methyl sites for hydroxylation is 1. The van der Waals surface area contributed by atoms with Gasteiger partial charge in [0.2, 0.25) is 0 Å². The molecule has 1 aliphatic carbocycles. The van der Waals surface area contributed by atoms with Crippen molar-refractivity contribution in [2.75, 3.05) is 0 Å². The highest BCUT2D eigenvalue weighted by atomic mass is 16.4. The minimum Gasteiger partial charge on any atom is -0.481 e. The van der Waals surface area contributed by atoms with Crippen LogP contribution in [-0.4, -0.2) is 31.3 Å². The average Bonchev–Trinajstić information content (AvgIpc) is 2.76. The quantitative estimate of drug-likeness (QED) is 0.883. The lowest BCUT2D eigenvalue weighted by atomic mass is 9.68. The molecule has 2 rings (SSSR count). The smallest absolute Gasteiger partial charge is 0.303 e. The molecular formula is C13H22N4O2. The number of carbonyl (C=O) groups is 1. The number of aromatic nitrogens is 4. The third-order valence-corrected chi connectivity index (χ3v) is 4.14. The van der Waals surface area contributed by atoms with E-state index in [4.69, 9.17) is 5.11 Å². The standard InChI is InChI=1S/C13H22N4O2/c1-13(2)8-4-3-6-10(13)12-14-15-16-17(12)9-5-7-11(18)19/h10H,3-9H2,1-2H3,(H,18,19). The molecule has 0 aromatic carbocycles. The highest BCUT2D eigenvalue weighted by Crippen LogP contribution is 2.45. The Morgan fingerprint density at radius 3 is 2.95 bits per heavy atom. The molecule has 0 radical (unpaired) electrons. The van der Waals surface area contributed by atoms with Crippen LogP contribution in [0, 0.1) is 5.41 Å². The summed E-state index contributed by atoms with van der Waals surface area (Å²) in [6, 6.07) is 0. The average molecular weight is 266 g/mol. The SMILES string of the molecule is CC1(C)CCCCC1c1nnnn1CCCC(=O)O. The topological polar surface area (TPSA) is 80.9 Å². The van der Waals surface area contributed by atoms with Gasteiger partial charge >= 0.3 is 5.97 Å². The number of nitrogens with zero attached hydrogens (tertiary/aromatic N) is 4. The van der Waals surface area contributed by atoms with Crippen molar-refractivity contribution in [3.05, 3.63) is 5.82 Å². The fraction of sp³-hybridized carbons (Fsp3) is 0.846. The van der Waals surface area contributed by atoms with Gasteiger partial charge in [0.25, 0.3) is 0 Å². The van der Waals surface area contributed by atoms with Crippen LogP contribution in [-0.2, 0) is 11.3 Å². The van der Waals surface area contributed by atoms with E-state index in [1.807, 2.05) is 0 Å². The van der Waals surface area contributed by atoms with E-state index in [9.17, 15) is 4.79 Å². The zero-order valence-electron chi connectivity index (χ0n) is 11.7. The second-order valence-electron chi connectivity index (χ2n) is 6.04. The molecule has 1 saturated carbocycles. The van der Waals surface area contributed by atoms with Crippen molar-refractivity contribution in [2.45, 2.75) is 64.8 Å². The Labute approximate surface area is 113 Å². The maximum Gasteiger partial charge on any atom is 0.303 e. The maximum atomic E-state index is 10.6. The Morgan fingerprint density at radius 1 is 1.47 bits per heavy atom. The molecule has 1 unspecified atom stereocenters. The predicted octanol–water partition coefficient (Wildman–Crippen LogP) is 2.22. The molecule has 106 valence electrons. The van der Waals surface area contributed by atoms with Crippen LogP contribution in [0.2, 0.25) is 0 Å². The van der Waals surface area contributed by atoms with Crippen molar-refractivity contribution in [3.63, 3.8) is 0 Å². The van der Waals surface area contributed by atoms with Crippen molar-refractivity contribution in [1.82, 2.24) is 20.2 Å². The minimum absolute atomic E-state index is 0.160. The molecule has 6 nitrogen and oxygen atoms in total. The monoisotopic (exact) mass is 266 g/mol. The molecule has 0 aliphatic heterocycles. The van der Waals surface area contributed by atoms with Gasteiger partial charge in [-0.15, -0.1) is 5.10 Å². The molecule has 6 heteroatoms. The van der Waals surface area contributed by atoms with Gasteiger partial charge in [-0.2, -0.15) is 0 Å². The summed E-state index contributed by atoms with van der Waals surface area (Å²) in [4.78, 5) is 10.6. The molecule has 0 spiro atoms. The first-order valence-corrected chi connectivity index (χ1v) is 6.98. The van der Waals surface area contributed by atoms with Crippen LogP contribution in [0.5, 0.6) is 0 Å².